The van der Waals surface area contributed by atoms with Crippen LogP contribution >= 0.6 is 0 Å². The molecule has 0 unspecified atom stereocenters. The summed E-state index contributed by atoms with van der Waals surface area (Å²) in [4.78, 5) is 22.9. The number of carbonyl (C=O) groups excluding carboxylic acids is 1. The molecule has 0 aliphatic heterocycles. The Morgan fingerprint density at radius 2 is 2.13 bits per heavy atom. The molecular weight excluding hydrogens is 300 g/mol. The van der Waals surface area contributed by atoms with Gasteiger partial charge in [0.1, 0.15) is 0 Å². The zero-order valence-corrected chi connectivity index (χ0v) is 13.0. The van der Waals surface area contributed by atoms with Gasteiger partial charge in [0, 0.05) is 6.92 Å². The number of fused-ring (bicyclic) bond motifs is 1. The number of benzene rings is 1. The van der Waals surface area contributed by atoms with Gasteiger partial charge in [0.2, 0.25) is 5.75 Å². The Morgan fingerprint density at radius 3 is 2.83 bits per heavy atom. The highest BCUT2D eigenvalue weighted by atomic mass is 16.5. The Hall–Kier alpha value is -2.76. The first kappa shape index (κ1) is 16.6. The Labute approximate surface area is 132 Å². The SMILES string of the molecule is CCC=CCCOc1cccc2c(OC(C)=O)c(O)c(=O)oc12. The molecule has 0 aliphatic carbocycles. The molecule has 1 heterocycles. The third-order valence-electron chi connectivity index (χ3n) is 3.02. The van der Waals surface area contributed by atoms with Crippen molar-refractivity contribution >= 4 is 16.9 Å². The molecule has 1 aromatic carbocycles. The highest BCUT2D eigenvalue weighted by molar-refractivity contribution is 5.91. The summed E-state index contributed by atoms with van der Waals surface area (Å²) in [6.07, 6.45) is 5.69. The molecule has 0 bridgehead atoms. The Bertz CT molecular complexity index is 788. The summed E-state index contributed by atoms with van der Waals surface area (Å²) < 4.78 is 15.6. The highest BCUT2D eigenvalue weighted by Gasteiger charge is 2.19. The number of hydrogen-bond acceptors (Lipinski definition) is 6. The molecule has 0 saturated heterocycles. The van der Waals surface area contributed by atoms with Crippen LogP contribution in [0.2, 0.25) is 0 Å². The van der Waals surface area contributed by atoms with Gasteiger partial charge in [-0.2, -0.15) is 0 Å². The lowest BCUT2D eigenvalue weighted by atomic mass is 10.2. The maximum Gasteiger partial charge on any atom is 0.382 e. The molecule has 6 heteroatoms. The van der Waals surface area contributed by atoms with Crippen molar-refractivity contribution in [3.63, 3.8) is 0 Å². The van der Waals surface area contributed by atoms with Gasteiger partial charge in [0.15, 0.2) is 17.1 Å². The molecule has 2 rings (SSSR count). The maximum atomic E-state index is 11.7. The van der Waals surface area contributed by atoms with E-state index in [4.69, 9.17) is 13.9 Å². The number of ether oxygens (including phenoxy) is 2. The molecule has 0 spiro atoms. The highest BCUT2D eigenvalue weighted by Crippen LogP contribution is 2.36. The van der Waals surface area contributed by atoms with Gasteiger partial charge in [-0.25, -0.2) is 4.79 Å². The fraction of sp³-hybridized carbons (Fsp3) is 0.294. The standard InChI is InChI=1S/C17H18O6/c1-3-4-5-6-10-21-13-9-7-8-12-15(13)23-17(20)14(19)16(12)22-11(2)18/h4-5,7-9,19H,3,6,10H2,1-2H3. The normalized spacial score (nSPS) is 11.0. The van der Waals surface area contributed by atoms with E-state index in [-0.39, 0.29) is 11.3 Å². The van der Waals surface area contributed by atoms with Crippen LogP contribution in [0, 0.1) is 0 Å². The maximum absolute atomic E-state index is 11.7. The van der Waals surface area contributed by atoms with Crippen LogP contribution in [0.15, 0.2) is 39.6 Å². The van der Waals surface area contributed by atoms with Crippen molar-refractivity contribution in [2.24, 2.45) is 0 Å². The van der Waals surface area contributed by atoms with Crippen molar-refractivity contribution in [1.82, 2.24) is 0 Å². The second-order valence-corrected chi connectivity index (χ2v) is 4.81. The monoisotopic (exact) mass is 318 g/mol. The van der Waals surface area contributed by atoms with Crippen molar-refractivity contribution in [2.45, 2.75) is 26.7 Å². The number of rotatable bonds is 6. The number of aromatic hydroxyl groups is 1. The lowest BCUT2D eigenvalue weighted by molar-refractivity contribution is -0.131. The van der Waals surface area contributed by atoms with Crippen molar-refractivity contribution in [3.05, 3.63) is 40.8 Å². The molecule has 0 fully saturated rings. The smallest absolute Gasteiger partial charge is 0.382 e. The largest absolute Gasteiger partial charge is 0.499 e. The first-order chi connectivity index (χ1) is 11.0. The van der Waals surface area contributed by atoms with Crippen LogP contribution in [0.5, 0.6) is 17.2 Å². The number of carbonyl (C=O) groups is 1. The average molecular weight is 318 g/mol. The van der Waals surface area contributed by atoms with Gasteiger partial charge in [-0.15, -0.1) is 0 Å². The summed E-state index contributed by atoms with van der Waals surface area (Å²) in [5.74, 6) is -1.27. The molecule has 1 N–H and O–H groups in total. The molecule has 0 aliphatic rings. The average Bonchev–Trinajstić information content (AvgIpc) is 2.51. The van der Waals surface area contributed by atoms with Gasteiger partial charge in [-0.1, -0.05) is 25.1 Å². The summed E-state index contributed by atoms with van der Waals surface area (Å²) >= 11 is 0. The zero-order valence-electron chi connectivity index (χ0n) is 13.0. The van der Waals surface area contributed by atoms with Crippen LogP contribution in [0.3, 0.4) is 0 Å². The van der Waals surface area contributed by atoms with E-state index in [9.17, 15) is 14.7 Å². The zero-order chi connectivity index (χ0) is 16.8. The van der Waals surface area contributed by atoms with E-state index in [0.717, 1.165) is 6.42 Å². The number of hydrogen-bond donors (Lipinski definition) is 1. The minimum Gasteiger partial charge on any atom is -0.499 e. The molecule has 6 nitrogen and oxygen atoms in total. The molecule has 1 aromatic heterocycles. The third kappa shape index (κ3) is 3.91. The van der Waals surface area contributed by atoms with Crippen LogP contribution in [-0.2, 0) is 4.79 Å². The van der Waals surface area contributed by atoms with Crippen LogP contribution < -0.4 is 15.1 Å². The second-order valence-electron chi connectivity index (χ2n) is 4.81. The molecule has 23 heavy (non-hydrogen) atoms. The van der Waals surface area contributed by atoms with E-state index in [1.165, 1.54) is 6.92 Å². The first-order valence-electron chi connectivity index (χ1n) is 7.29. The third-order valence-corrected chi connectivity index (χ3v) is 3.02. The van der Waals surface area contributed by atoms with Gasteiger partial charge in [-0.05, 0) is 25.0 Å². The lowest BCUT2D eigenvalue weighted by Gasteiger charge is -2.10. The topological polar surface area (TPSA) is 86.0 Å². The van der Waals surface area contributed by atoms with Crippen molar-refractivity contribution in [1.29, 1.82) is 0 Å². The van der Waals surface area contributed by atoms with Crippen LogP contribution in [0.4, 0.5) is 0 Å². The summed E-state index contributed by atoms with van der Waals surface area (Å²) in [6, 6.07) is 4.87. The van der Waals surface area contributed by atoms with Crippen molar-refractivity contribution in [2.75, 3.05) is 6.61 Å². The number of esters is 1. The minimum atomic E-state index is -0.990. The van der Waals surface area contributed by atoms with Gasteiger partial charge in [0.05, 0.1) is 12.0 Å². The van der Waals surface area contributed by atoms with Crippen LogP contribution in [-0.4, -0.2) is 17.7 Å². The van der Waals surface area contributed by atoms with Gasteiger partial charge in [0.25, 0.3) is 0 Å². The molecule has 2 aromatic rings. The van der Waals surface area contributed by atoms with E-state index < -0.39 is 17.3 Å². The van der Waals surface area contributed by atoms with Gasteiger partial charge in [-0.3, -0.25) is 4.79 Å². The van der Waals surface area contributed by atoms with Crippen LogP contribution in [0.1, 0.15) is 26.7 Å². The molecule has 0 atom stereocenters. The Morgan fingerprint density at radius 1 is 1.35 bits per heavy atom. The number of para-hydroxylation sites is 1. The lowest BCUT2D eigenvalue weighted by Crippen LogP contribution is -2.08. The summed E-state index contributed by atoms with van der Waals surface area (Å²) in [6.45, 7) is 3.63. The van der Waals surface area contributed by atoms with E-state index in [0.29, 0.717) is 24.2 Å². The van der Waals surface area contributed by atoms with E-state index in [1.54, 1.807) is 18.2 Å². The van der Waals surface area contributed by atoms with Gasteiger partial charge < -0.3 is 19.0 Å². The van der Waals surface area contributed by atoms with Crippen molar-refractivity contribution in [3.8, 4) is 17.2 Å². The number of allylic oxidation sites excluding steroid dienone is 1. The van der Waals surface area contributed by atoms with E-state index in [2.05, 4.69) is 0 Å². The van der Waals surface area contributed by atoms with E-state index >= 15 is 0 Å². The first-order valence-corrected chi connectivity index (χ1v) is 7.29. The summed E-state index contributed by atoms with van der Waals surface area (Å²) in [5.41, 5.74) is -0.860. The minimum absolute atomic E-state index is 0.131. The fourth-order valence-corrected chi connectivity index (χ4v) is 2.04. The van der Waals surface area contributed by atoms with Gasteiger partial charge >= 0.3 is 11.6 Å². The summed E-state index contributed by atoms with van der Waals surface area (Å²) in [5, 5.41) is 10.1. The Balaban J connectivity index is 2.40. The fourth-order valence-electron chi connectivity index (χ4n) is 2.04. The Kier molecular flexibility index (Phi) is 5.41. The van der Waals surface area contributed by atoms with Crippen LogP contribution in [0.25, 0.3) is 11.0 Å². The second kappa shape index (κ2) is 7.49. The molecule has 122 valence electrons. The molecule has 0 radical (unpaired) electrons. The predicted molar refractivity (Wildman–Crippen MR) is 85.0 cm³/mol. The quantitative estimate of drug-likeness (QED) is 0.381. The molecule has 0 saturated carbocycles. The van der Waals surface area contributed by atoms with Crippen molar-refractivity contribution < 1.29 is 23.8 Å². The van der Waals surface area contributed by atoms with E-state index in [1.807, 2.05) is 19.1 Å². The predicted octanol–water partition coefficient (Wildman–Crippen LogP) is 3.16. The summed E-state index contributed by atoms with van der Waals surface area (Å²) in [7, 11) is 0. The molecular formula is C17H18O6. The molecule has 0 amide bonds.